The lowest BCUT2D eigenvalue weighted by Crippen LogP contribution is -2.64. The zero-order valence-corrected chi connectivity index (χ0v) is 44.0. The number of nitrogens with zero attached hydrogens (tertiary/aromatic N) is 4. The number of amides is 8. The van der Waals surface area contributed by atoms with Gasteiger partial charge in [-0.25, -0.2) is 14.4 Å². The third-order valence-corrected chi connectivity index (χ3v) is 14.0. The van der Waals surface area contributed by atoms with Gasteiger partial charge in [-0.3, -0.25) is 43.3 Å². The van der Waals surface area contributed by atoms with Crippen molar-refractivity contribution in [1.29, 1.82) is 0 Å². The number of rotatable bonds is 17. The van der Waals surface area contributed by atoms with Gasteiger partial charge in [0, 0.05) is 26.2 Å². The van der Waals surface area contributed by atoms with Crippen molar-refractivity contribution < 1.29 is 93.2 Å². The lowest BCUT2D eigenvalue weighted by Gasteiger charge is -2.34. The Morgan fingerprint density at radius 2 is 1.23 bits per heavy atom. The number of hydrogen-bond acceptors (Lipinski definition) is 18. The molecule has 4 rings (SSSR count). The summed E-state index contributed by atoms with van der Waals surface area (Å²) in [6.07, 6.45) is -7.62. The van der Waals surface area contributed by atoms with Crippen LogP contribution in [0.1, 0.15) is 111 Å². The van der Waals surface area contributed by atoms with Crippen LogP contribution in [0, 0.1) is 5.92 Å². The molecule has 4 aliphatic heterocycles. The van der Waals surface area contributed by atoms with Gasteiger partial charge in [0.05, 0.1) is 25.2 Å². The van der Waals surface area contributed by atoms with Gasteiger partial charge in [-0.1, -0.05) is 39.5 Å². The lowest BCUT2D eigenvalue weighted by molar-refractivity contribution is -0.165. The standard InChI is InChI=1S/C48H77N11O19/c1-23(2)11-6-4-5-7-12-25-21-31(63)54-32(24(3)61)44(72)58-19-10-15-29(58)43(71)57-18-9-14-28(57)39(67)52-26(13-8-17-51-48(49)50)38(66)55-33(36(64)45(73)74)40(68)53-27(22-60)42(70)59-20-16-30(62)35(59)41(69)56-34(47(77)78-25)37(65)46(75)76/h23-30,32-37,60-62,64-65H,4-22H2,1-3H3,(H,52,67)(H,53,68)(H,54,63)(H,55,66)(H,56,69)(H,73,74)(H,75,76)(H4,49,50,51). The van der Waals surface area contributed by atoms with Gasteiger partial charge < -0.3 is 93.2 Å². The zero-order valence-electron chi connectivity index (χ0n) is 44.0. The van der Waals surface area contributed by atoms with Crippen LogP contribution in [0.4, 0.5) is 0 Å². The molecule has 4 aliphatic rings. The number of cyclic esters (lactones) is 1. The third-order valence-electron chi connectivity index (χ3n) is 14.0. The maximum atomic E-state index is 14.4. The first kappa shape index (κ1) is 63.8. The number of esters is 1. The normalized spacial score (nSPS) is 28.8. The average molecular weight is 1110 g/mol. The molecule has 0 saturated carbocycles. The molecule has 0 aromatic carbocycles. The van der Waals surface area contributed by atoms with Crippen LogP contribution in [0.2, 0.25) is 0 Å². The Morgan fingerprint density at radius 3 is 1.83 bits per heavy atom. The number of aliphatic carboxylic acids is 2. The van der Waals surface area contributed by atoms with Crippen molar-refractivity contribution in [3.63, 3.8) is 0 Å². The molecule has 0 aromatic rings. The fourth-order valence-electron chi connectivity index (χ4n) is 9.87. The van der Waals surface area contributed by atoms with E-state index in [-0.39, 0.29) is 77.0 Å². The summed E-state index contributed by atoms with van der Waals surface area (Å²) >= 11 is 0. The first-order chi connectivity index (χ1) is 36.8. The van der Waals surface area contributed by atoms with Crippen molar-refractivity contribution in [2.45, 2.75) is 190 Å². The molecular formula is C48H77N11O19. The number of ether oxygens (including phenoxy) is 1. The maximum absolute atomic E-state index is 14.4. The number of aliphatic imine (C=N–C) groups is 1. The van der Waals surface area contributed by atoms with Crippen molar-refractivity contribution >= 4 is 71.1 Å². The summed E-state index contributed by atoms with van der Waals surface area (Å²) in [4.78, 5) is 158. The molecule has 4 heterocycles. The zero-order chi connectivity index (χ0) is 58.1. The summed E-state index contributed by atoms with van der Waals surface area (Å²) in [6, 6.07) is -14.9. The van der Waals surface area contributed by atoms with Crippen LogP contribution in [0.25, 0.3) is 0 Å². The molecule has 0 radical (unpaired) electrons. The molecule has 78 heavy (non-hydrogen) atoms. The second kappa shape index (κ2) is 29.8. The van der Waals surface area contributed by atoms with Crippen molar-refractivity contribution in [3.8, 4) is 0 Å². The molecule has 30 heteroatoms. The number of unbranched alkanes of at least 4 members (excludes halogenated alkanes) is 3. The number of nitrogens with one attached hydrogen (secondary N) is 5. The van der Waals surface area contributed by atoms with Gasteiger partial charge in [-0.05, 0) is 70.6 Å². The Hall–Kier alpha value is -6.76. The Bertz CT molecular complexity index is 2210. The molecule has 0 bridgehead atoms. The molecule has 4 saturated heterocycles. The first-order valence-corrected chi connectivity index (χ1v) is 26.3. The first-order valence-electron chi connectivity index (χ1n) is 26.3. The van der Waals surface area contributed by atoms with Crippen LogP contribution in [-0.2, 0) is 57.5 Å². The summed E-state index contributed by atoms with van der Waals surface area (Å²) in [5.74, 6) is -14.7. The Kier molecular flexibility index (Phi) is 24.4. The molecular weight excluding hydrogens is 1030 g/mol. The summed E-state index contributed by atoms with van der Waals surface area (Å²) in [5.41, 5.74) is 10.9. The van der Waals surface area contributed by atoms with Gasteiger partial charge in [0.15, 0.2) is 24.2 Å². The van der Waals surface area contributed by atoms with Crippen LogP contribution in [0.3, 0.4) is 0 Å². The van der Waals surface area contributed by atoms with E-state index in [4.69, 9.17) is 16.2 Å². The van der Waals surface area contributed by atoms with Crippen LogP contribution >= 0.6 is 0 Å². The third kappa shape index (κ3) is 17.4. The van der Waals surface area contributed by atoms with E-state index in [0.717, 1.165) is 24.2 Å². The average Bonchev–Trinajstić information content (AvgIpc) is 4.18. The number of carbonyl (C=O) groups excluding carboxylic acids is 9. The molecule has 30 nitrogen and oxygen atoms in total. The fraction of sp³-hybridized carbons (Fsp3) is 0.750. The van der Waals surface area contributed by atoms with Crippen LogP contribution in [0.5, 0.6) is 0 Å². The van der Waals surface area contributed by atoms with Gasteiger partial charge in [-0.2, -0.15) is 0 Å². The van der Waals surface area contributed by atoms with Crippen molar-refractivity contribution in [2.75, 3.05) is 32.8 Å². The Balaban J connectivity index is 1.80. The second-order valence-corrected chi connectivity index (χ2v) is 20.4. The van der Waals surface area contributed by atoms with E-state index < -0.39 is 164 Å². The highest BCUT2D eigenvalue weighted by molar-refractivity contribution is 6.00. The SMILES string of the molecule is CC(C)CCCCCCC1CC(=O)NC(C(C)O)C(=O)N2CCCC2C(=O)N2CCCC2C(=O)NC(CCCN=C(N)N)C(=O)NC(C(O)C(=O)O)C(=O)NC(CO)C(=O)N2CCC(O)C2C(=O)NC(C(O)C(=O)O)C(=O)O1. The summed E-state index contributed by atoms with van der Waals surface area (Å²) in [5, 5.41) is 84.6. The van der Waals surface area contributed by atoms with Gasteiger partial charge in [-0.15, -0.1) is 0 Å². The smallest absolute Gasteiger partial charge is 0.335 e. The summed E-state index contributed by atoms with van der Waals surface area (Å²) in [7, 11) is 0. The number of carbonyl (C=O) groups is 11. The summed E-state index contributed by atoms with van der Waals surface area (Å²) in [6.45, 7) is 3.40. The van der Waals surface area contributed by atoms with Crippen LogP contribution in [-0.4, -0.2) is 233 Å². The minimum absolute atomic E-state index is 0.00810. The topological polar surface area (TPSA) is 473 Å². The summed E-state index contributed by atoms with van der Waals surface area (Å²) < 4.78 is 5.62. The monoisotopic (exact) mass is 1110 g/mol. The minimum atomic E-state index is -2.76. The number of hydrogen-bond donors (Lipinski definition) is 14. The fourth-order valence-corrected chi connectivity index (χ4v) is 9.87. The molecule has 8 amide bonds. The van der Waals surface area contributed by atoms with Crippen LogP contribution < -0.4 is 38.1 Å². The molecule has 4 fully saturated rings. The van der Waals surface area contributed by atoms with E-state index in [1.54, 1.807) is 0 Å². The molecule has 13 atom stereocenters. The highest BCUT2D eigenvalue weighted by atomic mass is 16.5. The predicted molar refractivity (Wildman–Crippen MR) is 268 cm³/mol. The van der Waals surface area contributed by atoms with Crippen molar-refractivity contribution in [1.82, 2.24) is 41.3 Å². The van der Waals surface area contributed by atoms with Gasteiger partial charge in [0.25, 0.3) is 0 Å². The van der Waals surface area contributed by atoms with Crippen molar-refractivity contribution in [2.24, 2.45) is 22.4 Å². The quantitative estimate of drug-likeness (QED) is 0.0279. The van der Waals surface area contributed by atoms with E-state index >= 15 is 0 Å². The van der Waals surface area contributed by atoms with Gasteiger partial charge in [0.1, 0.15) is 48.4 Å². The maximum Gasteiger partial charge on any atom is 0.335 e. The number of carboxylic acid groups (broad SMARTS) is 2. The Labute approximate surface area is 449 Å². The van der Waals surface area contributed by atoms with E-state index in [1.807, 2.05) is 10.6 Å². The number of aliphatic hydroxyl groups is 5. The number of carboxylic acids is 2. The van der Waals surface area contributed by atoms with Gasteiger partial charge >= 0.3 is 17.9 Å². The molecule has 0 aliphatic carbocycles. The molecule has 0 spiro atoms. The molecule has 438 valence electrons. The number of guanidine groups is 1. The molecule has 16 N–H and O–H groups in total. The largest absolute Gasteiger partial charge is 0.479 e. The van der Waals surface area contributed by atoms with Crippen molar-refractivity contribution in [3.05, 3.63) is 0 Å². The predicted octanol–water partition coefficient (Wildman–Crippen LogP) is -6.02. The van der Waals surface area contributed by atoms with E-state index in [1.165, 1.54) is 11.8 Å². The highest BCUT2D eigenvalue weighted by Gasteiger charge is 2.48. The minimum Gasteiger partial charge on any atom is -0.479 e. The van der Waals surface area contributed by atoms with E-state index in [9.17, 15) is 88.5 Å². The number of fused-ring (bicyclic) bond motifs is 3. The highest BCUT2D eigenvalue weighted by Crippen LogP contribution is 2.27. The van der Waals surface area contributed by atoms with E-state index in [2.05, 4.69) is 34.8 Å². The lowest BCUT2D eigenvalue weighted by atomic mass is 10.0. The van der Waals surface area contributed by atoms with E-state index in [0.29, 0.717) is 23.7 Å². The van der Waals surface area contributed by atoms with Crippen LogP contribution in [0.15, 0.2) is 4.99 Å². The Morgan fingerprint density at radius 1 is 0.641 bits per heavy atom. The number of aliphatic hydroxyl groups excluding tert-OH is 5. The van der Waals surface area contributed by atoms with Gasteiger partial charge in [0.2, 0.25) is 47.3 Å². The second-order valence-electron chi connectivity index (χ2n) is 20.4. The number of nitrogens with two attached hydrogens (primary N) is 2. The molecule has 0 aromatic heterocycles. The molecule has 13 unspecified atom stereocenters.